The molecule has 0 nitrogen and oxygen atoms in total. The Morgan fingerprint density at radius 1 is 0.122 bits per heavy atom. The van der Waals surface area contributed by atoms with Gasteiger partial charge in [0, 0.05) is 0 Å². The van der Waals surface area contributed by atoms with Gasteiger partial charge in [-0.1, -0.05) is 419 Å². The van der Waals surface area contributed by atoms with Crippen LogP contribution in [0.4, 0.5) is 0 Å². The van der Waals surface area contributed by atoms with E-state index in [9.17, 15) is 0 Å². The second kappa shape index (κ2) is 29.3. The Morgan fingerprint density at radius 2 is 0.255 bits per heavy atom. The summed E-state index contributed by atoms with van der Waals surface area (Å²) in [6, 6.07) is 152. The number of hydrogen-bond acceptors (Lipinski definition) is 0. The van der Waals surface area contributed by atoms with Crippen LogP contribution in [0.3, 0.4) is 0 Å². The van der Waals surface area contributed by atoms with Crippen molar-refractivity contribution in [2.75, 3.05) is 0 Å². The Balaban J connectivity index is 0.778. The molecule has 0 saturated heterocycles. The van der Waals surface area contributed by atoms with Gasteiger partial charge in [-0.2, -0.15) is 0 Å². The van der Waals surface area contributed by atoms with Crippen LogP contribution in [0.1, 0.15) is 83.5 Å². The molecule has 15 aromatic rings. The molecule has 15 aromatic carbocycles. The Hall–Kier alpha value is -12.7. The van der Waals surface area contributed by atoms with E-state index in [1.807, 2.05) is 0 Å². The van der Waals surface area contributed by atoms with Crippen LogP contribution in [0.15, 0.2) is 419 Å². The lowest BCUT2D eigenvalue weighted by atomic mass is 9.85. The normalized spacial score (nSPS) is 10.9. The van der Waals surface area contributed by atoms with Gasteiger partial charge in [-0.3, -0.25) is 0 Å². The van der Waals surface area contributed by atoms with E-state index in [1.54, 1.807) is 0 Å². The summed E-state index contributed by atoms with van der Waals surface area (Å²) in [7, 11) is 0. The fourth-order valence-electron chi connectivity index (χ4n) is 13.6. The molecule has 0 unspecified atom stereocenters. The number of hydrogen-bond donors (Lipinski definition) is 0. The molecule has 0 bridgehead atoms. The zero-order valence-corrected chi connectivity index (χ0v) is 54.4. The van der Waals surface area contributed by atoms with Crippen molar-refractivity contribution in [1.82, 2.24) is 0 Å². The summed E-state index contributed by atoms with van der Waals surface area (Å²) in [6.07, 6.45) is 2.34. The van der Waals surface area contributed by atoms with E-state index in [4.69, 9.17) is 0 Å². The van der Waals surface area contributed by atoms with Gasteiger partial charge >= 0.3 is 0 Å². The smallest absolute Gasteiger partial charge is 0.00268 e. The van der Waals surface area contributed by atoms with E-state index >= 15 is 0 Å². The minimum Gasteiger partial charge on any atom is -0.0622 e. The van der Waals surface area contributed by atoms with E-state index in [2.05, 4.69) is 425 Å². The van der Waals surface area contributed by atoms with Crippen LogP contribution < -0.4 is 0 Å². The third-order valence-corrected chi connectivity index (χ3v) is 18.4. The van der Waals surface area contributed by atoms with Crippen LogP contribution in [0.2, 0.25) is 0 Å². The minimum atomic E-state index is 1.12. The van der Waals surface area contributed by atoms with Crippen molar-refractivity contribution < 1.29 is 0 Å². The molecule has 98 heavy (non-hydrogen) atoms. The van der Waals surface area contributed by atoms with Crippen LogP contribution in [-0.2, 0) is 0 Å². The Kier molecular flexibility index (Phi) is 18.4. The van der Waals surface area contributed by atoms with Crippen LogP contribution >= 0.6 is 0 Å². The van der Waals surface area contributed by atoms with E-state index in [0.717, 1.165) is 72.3 Å². The van der Waals surface area contributed by atoms with Crippen molar-refractivity contribution in [2.45, 2.75) is 0 Å². The molecular weight excluding hydrogens is 1180 g/mol. The molecule has 0 N–H and O–H groups in total. The van der Waals surface area contributed by atoms with Gasteiger partial charge in [0.2, 0.25) is 0 Å². The molecule has 0 heterocycles. The first-order valence-electron chi connectivity index (χ1n) is 33.7. The fourth-order valence-corrected chi connectivity index (χ4v) is 13.6. The molecule has 0 atom stereocenters. The third-order valence-electron chi connectivity index (χ3n) is 18.4. The van der Waals surface area contributed by atoms with Crippen molar-refractivity contribution in [3.05, 3.63) is 502 Å². The number of benzene rings is 15. The van der Waals surface area contributed by atoms with Gasteiger partial charge in [0.05, 0.1) is 0 Å². The SMILES string of the molecule is C(=C(c1ccc(-c2ccc(C(=C(c3ccccc3)c3ccccc3)c3ccccc3)cc2)cc1)c1ccc(-c2ccc(C(=C(c3ccccc3)c3ccccc3)c3ccccc3)cc2)cc1)c1ccc(-c2ccc(C(=C(c3ccccc3)c3ccccc3)c3ccccc3)cc2)cc1. The standard InChI is InChI=1S/C98H70/c1-10-28-80(29-11-1)93(81-30-12-2-13-31-81)96(86-40-22-7-23-41-86)89-64-54-75(55-65-89)72-48-46-71(47-49-72)70-92(78-60-50-73(51-61-78)76-56-66-90(67-57-76)97(87-42-24-8-25-43-87)94(82-32-14-3-15-33-82)83-34-16-4-17-35-83)79-62-52-74(53-63-79)77-58-68-91(69-59-77)98(88-44-26-9-27-45-88)95(84-36-18-5-19-37-84)85-38-20-6-21-39-85/h1-70H. The molecule has 0 heteroatoms. The van der Waals surface area contributed by atoms with Gasteiger partial charge in [-0.05, 0) is 162 Å². The van der Waals surface area contributed by atoms with Gasteiger partial charge < -0.3 is 0 Å². The molecular formula is C98H70. The Labute approximate surface area is 576 Å². The quantitative estimate of drug-likeness (QED) is 0.0751. The van der Waals surface area contributed by atoms with Crippen LogP contribution in [0, 0.1) is 0 Å². The lowest BCUT2D eigenvalue weighted by Crippen LogP contribution is -1.97. The fraction of sp³-hybridized carbons (Fsp3) is 0. The van der Waals surface area contributed by atoms with Gasteiger partial charge in [0.25, 0.3) is 0 Å². The first kappa shape index (κ1) is 61.4. The molecule has 0 aromatic heterocycles. The maximum Gasteiger partial charge on any atom is -0.00268 e. The molecule has 0 spiro atoms. The summed E-state index contributed by atoms with van der Waals surface area (Å²) in [5, 5.41) is 0. The van der Waals surface area contributed by atoms with Crippen LogP contribution in [-0.4, -0.2) is 0 Å². The molecule has 0 amide bonds. The first-order chi connectivity index (χ1) is 48.6. The summed E-state index contributed by atoms with van der Waals surface area (Å²) in [5.74, 6) is 0. The molecule has 0 aliphatic heterocycles. The number of rotatable bonds is 18. The molecule has 0 radical (unpaired) electrons. The topological polar surface area (TPSA) is 0 Å². The Bertz CT molecular complexity index is 4890. The highest BCUT2D eigenvalue weighted by molar-refractivity contribution is 6.07. The maximum absolute atomic E-state index is 2.34. The lowest BCUT2D eigenvalue weighted by Gasteiger charge is -2.18. The van der Waals surface area contributed by atoms with Gasteiger partial charge in [0.1, 0.15) is 0 Å². The predicted molar refractivity (Wildman–Crippen MR) is 416 cm³/mol. The third kappa shape index (κ3) is 13.6. The van der Waals surface area contributed by atoms with Gasteiger partial charge in [-0.25, -0.2) is 0 Å². The van der Waals surface area contributed by atoms with Gasteiger partial charge in [-0.15, -0.1) is 0 Å². The summed E-state index contributed by atoms with van der Waals surface area (Å²) < 4.78 is 0. The molecule has 0 aliphatic rings. The highest BCUT2D eigenvalue weighted by Crippen LogP contribution is 2.42. The van der Waals surface area contributed by atoms with E-state index in [-0.39, 0.29) is 0 Å². The first-order valence-corrected chi connectivity index (χ1v) is 33.7. The second-order valence-electron chi connectivity index (χ2n) is 24.6. The van der Waals surface area contributed by atoms with Crippen molar-refractivity contribution in [3.8, 4) is 33.4 Å². The summed E-state index contributed by atoms with van der Waals surface area (Å²) in [5.41, 5.74) is 32.7. The minimum absolute atomic E-state index is 1.12. The molecule has 0 fully saturated rings. The summed E-state index contributed by atoms with van der Waals surface area (Å²) in [6.45, 7) is 0. The average Bonchev–Trinajstić information content (AvgIpc) is 0.807. The van der Waals surface area contributed by atoms with Crippen LogP contribution in [0.25, 0.3) is 78.5 Å². The van der Waals surface area contributed by atoms with Crippen molar-refractivity contribution >= 4 is 45.1 Å². The van der Waals surface area contributed by atoms with Gasteiger partial charge in [0.15, 0.2) is 0 Å². The highest BCUT2D eigenvalue weighted by atomic mass is 14.2. The van der Waals surface area contributed by atoms with Crippen molar-refractivity contribution in [3.63, 3.8) is 0 Å². The lowest BCUT2D eigenvalue weighted by molar-refractivity contribution is 1.49. The van der Waals surface area contributed by atoms with E-state index in [0.29, 0.717) is 0 Å². The van der Waals surface area contributed by atoms with E-state index in [1.165, 1.54) is 83.5 Å². The largest absolute Gasteiger partial charge is 0.0622 e. The summed E-state index contributed by atoms with van der Waals surface area (Å²) in [4.78, 5) is 0. The van der Waals surface area contributed by atoms with E-state index < -0.39 is 0 Å². The zero-order chi connectivity index (χ0) is 65.7. The highest BCUT2D eigenvalue weighted by Gasteiger charge is 2.21. The molecule has 0 aliphatic carbocycles. The monoisotopic (exact) mass is 1250 g/mol. The molecule has 462 valence electrons. The summed E-state index contributed by atoms with van der Waals surface area (Å²) >= 11 is 0. The molecule has 0 saturated carbocycles. The maximum atomic E-state index is 2.34. The van der Waals surface area contributed by atoms with Crippen LogP contribution in [0.5, 0.6) is 0 Å². The van der Waals surface area contributed by atoms with Crippen molar-refractivity contribution in [1.29, 1.82) is 0 Å². The predicted octanol–water partition coefficient (Wildman–Crippen LogP) is 25.3. The average molecular weight is 1250 g/mol. The zero-order valence-electron chi connectivity index (χ0n) is 54.4. The Morgan fingerprint density at radius 3 is 0.418 bits per heavy atom. The second-order valence-corrected chi connectivity index (χ2v) is 24.6. The molecule has 15 rings (SSSR count). The van der Waals surface area contributed by atoms with Crippen molar-refractivity contribution in [2.24, 2.45) is 0 Å².